The molecule has 0 bridgehead atoms. The Morgan fingerprint density at radius 1 is 1.25 bits per heavy atom. The number of anilines is 1. The van der Waals surface area contributed by atoms with Crippen molar-refractivity contribution in [3.63, 3.8) is 0 Å². The summed E-state index contributed by atoms with van der Waals surface area (Å²) in [6.07, 6.45) is 3.75. The molecule has 2 nitrogen and oxygen atoms in total. The van der Waals surface area contributed by atoms with Crippen molar-refractivity contribution < 1.29 is 5.11 Å². The van der Waals surface area contributed by atoms with E-state index in [1.165, 1.54) is 40.3 Å². The minimum absolute atomic E-state index is 0.400. The number of hydrogen-bond acceptors (Lipinski definition) is 3. The van der Waals surface area contributed by atoms with Crippen molar-refractivity contribution in [2.24, 2.45) is 5.92 Å². The topological polar surface area (TPSA) is 23.5 Å². The third-order valence-corrected chi connectivity index (χ3v) is 5.73. The van der Waals surface area contributed by atoms with E-state index in [0.29, 0.717) is 17.7 Å². The zero-order chi connectivity index (χ0) is 13.7. The molecule has 2 heterocycles. The zero-order valence-corrected chi connectivity index (χ0v) is 12.5. The van der Waals surface area contributed by atoms with E-state index in [1.807, 2.05) is 23.5 Å². The van der Waals surface area contributed by atoms with Gasteiger partial charge in [0.25, 0.3) is 0 Å². The highest BCUT2D eigenvalue weighted by molar-refractivity contribution is 7.16. The first-order chi connectivity index (χ1) is 9.72. The number of fused-ring (bicyclic) bond motifs is 3. The van der Waals surface area contributed by atoms with Crippen molar-refractivity contribution >= 4 is 16.3 Å². The van der Waals surface area contributed by atoms with Crippen molar-refractivity contribution in [2.75, 3.05) is 11.4 Å². The number of phenolic OH excluding ortho intramolecular Hbond substituents is 1. The smallest absolute Gasteiger partial charge is 0.115 e. The molecule has 20 heavy (non-hydrogen) atoms. The number of phenols is 1. The van der Waals surface area contributed by atoms with Gasteiger partial charge in [-0.05, 0) is 67.5 Å². The van der Waals surface area contributed by atoms with Gasteiger partial charge in [0.15, 0.2) is 0 Å². The molecule has 1 aliphatic heterocycles. The van der Waals surface area contributed by atoms with Crippen molar-refractivity contribution in [3.05, 3.63) is 46.3 Å². The Balaban J connectivity index is 1.78. The van der Waals surface area contributed by atoms with E-state index in [-0.39, 0.29) is 0 Å². The summed E-state index contributed by atoms with van der Waals surface area (Å²) >= 11 is 1.89. The van der Waals surface area contributed by atoms with Crippen LogP contribution in [0.25, 0.3) is 0 Å². The predicted molar refractivity (Wildman–Crippen MR) is 83.7 cm³/mol. The molecule has 2 unspecified atom stereocenters. The standard InChI is InChI=1S/C17H19NOS/c1-11-4-7-16(20-11)18-8-2-3-13-9-12-5-6-14(19)10-15(12)17(13)18/h4-7,10,13,17,19H,2-3,8-9H2,1H3. The maximum Gasteiger partial charge on any atom is 0.115 e. The molecule has 1 fully saturated rings. The molecule has 0 spiro atoms. The number of aryl methyl sites for hydroxylation is 1. The molecule has 1 aromatic heterocycles. The zero-order valence-electron chi connectivity index (χ0n) is 11.7. The van der Waals surface area contributed by atoms with Gasteiger partial charge in [-0.25, -0.2) is 0 Å². The lowest BCUT2D eigenvalue weighted by atomic mass is 9.90. The maximum atomic E-state index is 9.83. The number of hydrogen-bond donors (Lipinski definition) is 1. The third-order valence-electron chi connectivity index (χ3n) is 4.70. The molecule has 2 atom stereocenters. The van der Waals surface area contributed by atoms with E-state index >= 15 is 0 Å². The van der Waals surface area contributed by atoms with E-state index < -0.39 is 0 Å². The summed E-state index contributed by atoms with van der Waals surface area (Å²) in [5.41, 5.74) is 2.78. The largest absolute Gasteiger partial charge is 0.508 e. The minimum atomic E-state index is 0.400. The van der Waals surface area contributed by atoms with Crippen LogP contribution < -0.4 is 4.90 Å². The fourth-order valence-corrected chi connectivity index (χ4v) is 4.78. The van der Waals surface area contributed by atoms with Crippen LogP contribution in [0.4, 0.5) is 5.00 Å². The van der Waals surface area contributed by atoms with Crippen LogP contribution in [-0.2, 0) is 6.42 Å². The summed E-state index contributed by atoms with van der Waals surface area (Å²) in [4.78, 5) is 3.94. The fourth-order valence-electron chi connectivity index (χ4n) is 3.86. The van der Waals surface area contributed by atoms with Crippen LogP contribution in [-0.4, -0.2) is 11.7 Å². The minimum Gasteiger partial charge on any atom is -0.508 e. The van der Waals surface area contributed by atoms with Crippen LogP contribution in [0.3, 0.4) is 0 Å². The summed E-state index contributed by atoms with van der Waals surface area (Å²) in [6.45, 7) is 3.31. The molecule has 0 amide bonds. The molecular formula is C17H19NOS. The summed E-state index contributed by atoms with van der Waals surface area (Å²) in [5.74, 6) is 1.11. The third kappa shape index (κ3) is 1.84. The van der Waals surface area contributed by atoms with E-state index in [0.717, 1.165) is 6.54 Å². The van der Waals surface area contributed by atoms with Crippen LogP contribution in [0.1, 0.15) is 34.9 Å². The van der Waals surface area contributed by atoms with Gasteiger partial charge in [0.05, 0.1) is 11.0 Å². The second-order valence-corrected chi connectivity index (χ2v) is 7.28. The lowest BCUT2D eigenvalue weighted by Gasteiger charge is -2.39. The Hall–Kier alpha value is -1.48. The SMILES string of the molecule is Cc1ccc(N2CCCC3Cc4ccc(O)cc4C32)s1. The molecule has 1 aliphatic carbocycles. The molecular weight excluding hydrogens is 266 g/mol. The van der Waals surface area contributed by atoms with E-state index in [1.54, 1.807) is 0 Å². The van der Waals surface area contributed by atoms with Crippen LogP contribution in [0, 0.1) is 12.8 Å². The molecule has 104 valence electrons. The Labute approximate surface area is 123 Å². The molecule has 0 radical (unpaired) electrons. The highest BCUT2D eigenvalue weighted by Gasteiger charge is 2.39. The van der Waals surface area contributed by atoms with Gasteiger partial charge in [0.1, 0.15) is 5.75 Å². The van der Waals surface area contributed by atoms with Crippen LogP contribution in [0.15, 0.2) is 30.3 Å². The van der Waals surface area contributed by atoms with Gasteiger partial charge in [-0.1, -0.05) is 6.07 Å². The maximum absolute atomic E-state index is 9.83. The molecule has 4 rings (SSSR count). The first-order valence-corrected chi connectivity index (χ1v) is 8.19. The average Bonchev–Trinajstić information content (AvgIpc) is 3.02. The Morgan fingerprint density at radius 3 is 2.95 bits per heavy atom. The summed E-state index contributed by atoms with van der Waals surface area (Å²) < 4.78 is 0. The van der Waals surface area contributed by atoms with Gasteiger partial charge in [-0.2, -0.15) is 0 Å². The Morgan fingerprint density at radius 2 is 2.15 bits per heavy atom. The average molecular weight is 285 g/mol. The molecule has 2 aromatic rings. The number of nitrogens with zero attached hydrogens (tertiary/aromatic N) is 1. The normalized spacial score (nSPS) is 24.6. The van der Waals surface area contributed by atoms with Gasteiger partial charge in [-0.15, -0.1) is 11.3 Å². The first kappa shape index (κ1) is 12.3. The summed E-state index contributed by atoms with van der Waals surface area (Å²) in [6, 6.07) is 10.9. The predicted octanol–water partition coefficient (Wildman–Crippen LogP) is 4.28. The van der Waals surface area contributed by atoms with Crippen LogP contribution >= 0.6 is 11.3 Å². The molecule has 1 saturated heterocycles. The number of piperidine rings is 1. The summed E-state index contributed by atoms with van der Waals surface area (Å²) in [5, 5.41) is 11.2. The van der Waals surface area contributed by atoms with Gasteiger partial charge >= 0.3 is 0 Å². The Bertz CT molecular complexity index is 648. The molecule has 0 saturated carbocycles. The van der Waals surface area contributed by atoms with E-state index in [4.69, 9.17) is 0 Å². The highest BCUT2D eigenvalue weighted by atomic mass is 32.1. The van der Waals surface area contributed by atoms with Gasteiger partial charge in [-0.3, -0.25) is 0 Å². The number of thiophene rings is 1. The van der Waals surface area contributed by atoms with Crippen molar-refractivity contribution in [1.82, 2.24) is 0 Å². The van der Waals surface area contributed by atoms with Crippen molar-refractivity contribution in [1.29, 1.82) is 0 Å². The van der Waals surface area contributed by atoms with E-state index in [9.17, 15) is 5.11 Å². The molecule has 1 N–H and O–H groups in total. The highest BCUT2D eigenvalue weighted by Crippen LogP contribution is 2.48. The van der Waals surface area contributed by atoms with Crippen LogP contribution in [0.5, 0.6) is 5.75 Å². The Kier molecular flexibility index (Phi) is 2.77. The molecule has 2 aliphatic rings. The van der Waals surface area contributed by atoms with Gasteiger partial charge in [0.2, 0.25) is 0 Å². The number of rotatable bonds is 1. The van der Waals surface area contributed by atoms with E-state index in [2.05, 4.69) is 30.0 Å². The van der Waals surface area contributed by atoms with Gasteiger partial charge < -0.3 is 10.0 Å². The molecule has 3 heteroatoms. The van der Waals surface area contributed by atoms with Gasteiger partial charge in [0, 0.05) is 11.4 Å². The lowest BCUT2D eigenvalue weighted by molar-refractivity contribution is 0.352. The van der Waals surface area contributed by atoms with Crippen molar-refractivity contribution in [3.8, 4) is 5.75 Å². The van der Waals surface area contributed by atoms with Crippen LogP contribution in [0.2, 0.25) is 0 Å². The lowest BCUT2D eigenvalue weighted by Crippen LogP contribution is -2.36. The second kappa shape index (κ2) is 4.52. The quantitative estimate of drug-likeness (QED) is 0.845. The number of aromatic hydroxyl groups is 1. The first-order valence-electron chi connectivity index (χ1n) is 7.37. The van der Waals surface area contributed by atoms with Crippen molar-refractivity contribution in [2.45, 2.75) is 32.2 Å². The monoisotopic (exact) mass is 285 g/mol. The summed E-state index contributed by atoms with van der Waals surface area (Å²) in [7, 11) is 0. The molecule has 1 aromatic carbocycles. The second-order valence-electron chi connectivity index (χ2n) is 6.01. The number of benzene rings is 1. The fraction of sp³-hybridized carbons (Fsp3) is 0.412.